The van der Waals surface area contributed by atoms with Gasteiger partial charge in [-0.05, 0) is 47.5 Å². The summed E-state index contributed by atoms with van der Waals surface area (Å²) in [5.74, 6) is -2.06. The monoisotopic (exact) mass is 507 g/mol. The summed E-state index contributed by atoms with van der Waals surface area (Å²) in [6, 6.07) is 6.52. The van der Waals surface area contributed by atoms with Crippen LogP contribution in [0.5, 0.6) is 11.5 Å². The van der Waals surface area contributed by atoms with Gasteiger partial charge in [0.05, 0.1) is 12.4 Å². The van der Waals surface area contributed by atoms with E-state index in [1.54, 1.807) is 0 Å². The summed E-state index contributed by atoms with van der Waals surface area (Å²) in [6.45, 7) is 0. The van der Waals surface area contributed by atoms with E-state index in [0.29, 0.717) is 0 Å². The van der Waals surface area contributed by atoms with Crippen LogP contribution < -0.4 is 41.0 Å². The molecule has 33 heavy (non-hydrogen) atoms. The third-order valence-corrected chi connectivity index (χ3v) is 5.30. The molecule has 0 radical (unpaired) electrons. The summed E-state index contributed by atoms with van der Waals surface area (Å²) >= 11 is 0. The van der Waals surface area contributed by atoms with Crippen LogP contribution in [-0.4, -0.2) is 60.3 Å². The minimum Gasteiger partial charge on any atom is -0.506 e. The van der Waals surface area contributed by atoms with Crippen LogP contribution in [0.4, 0.5) is 0 Å². The summed E-state index contributed by atoms with van der Waals surface area (Å²) in [5.41, 5.74) is 11.5. The molecule has 0 bridgehead atoms. The van der Waals surface area contributed by atoms with E-state index in [0.717, 1.165) is 36.7 Å². The van der Waals surface area contributed by atoms with Gasteiger partial charge in [0.15, 0.2) is 11.7 Å². The van der Waals surface area contributed by atoms with Crippen LogP contribution in [0.25, 0.3) is 0 Å². The molecule has 0 heterocycles. The molecule has 8 N–H and O–H groups in total. The molecule has 0 aliphatic heterocycles. The minimum atomic E-state index is -4.65. The summed E-state index contributed by atoms with van der Waals surface area (Å²) in [4.78, 5) is -1.44. The molecule has 0 saturated heterocycles. The Morgan fingerprint density at radius 3 is 1.36 bits per heavy atom. The van der Waals surface area contributed by atoms with Crippen molar-refractivity contribution in [1.29, 1.82) is 0 Å². The first-order chi connectivity index (χ1) is 14.8. The predicted molar refractivity (Wildman–Crippen MR) is 114 cm³/mol. The van der Waals surface area contributed by atoms with Crippen LogP contribution >= 0.6 is 0 Å². The van der Waals surface area contributed by atoms with Crippen LogP contribution in [-0.2, 0) is 20.2 Å². The van der Waals surface area contributed by atoms with Crippen molar-refractivity contribution >= 4 is 44.3 Å². The van der Waals surface area contributed by atoms with Crippen molar-refractivity contribution in [3.05, 3.63) is 47.5 Å². The van der Waals surface area contributed by atoms with Crippen LogP contribution in [0.1, 0.15) is 11.1 Å². The molecule has 17 heteroatoms. The Bertz CT molecular complexity index is 1270. The smallest absolute Gasteiger partial charge is 0.506 e. The fourth-order valence-electron chi connectivity index (χ4n) is 2.05. The van der Waals surface area contributed by atoms with E-state index < -0.39 is 41.5 Å². The second-order valence-corrected chi connectivity index (χ2v) is 8.64. The van der Waals surface area contributed by atoms with Crippen molar-refractivity contribution in [2.45, 2.75) is 9.79 Å². The van der Waals surface area contributed by atoms with E-state index in [-0.39, 0.29) is 52.4 Å². The molecule has 0 unspecified atom stereocenters. The number of phenols is 2. The van der Waals surface area contributed by atoms with E-state index in [1.807, 2.05) is 0 Å². The van der Waals surface area contributed by atoms with Gasteiger partial charge in [-0.3, -0.25) is 9.11 Å². The molecule has 2 aromatic rings. The first kappa shape index (κ1) is 28.2. The first-order valence-corrected chi connectivity index (χ1v) is 11.0. The van der Waals surface area contributed by atoms with Gasteiger partial charge in [0.2, 0.25) is 0 Å². The van der Waals surface area contributed by atoms with Gasteiger partial charge < -0.3 is 21.7 Å². The van der Waals surface area contributed by atoms with Crippen molar-refractivity contribution in [2.75, 3.05) is 0 Å². The zero-order valence-corrected chi connectivity index (χ0v) is 20.4. The Hall–Kier alpha value is -2.86. The number of nitrogens with two attached hydrogens (primary N) is 2. The van der Waals surface area contributed by atoms with Gasteiger partial charge in [0, 0.05) is 0 Å². The quantitative estimate of drug-likeness (QED) is 0.0745. The average Bonchev–Trinajstić information content (AvgIpc) is 2.68. The molecular weight excluding hydrogens is 491 g/mol. The molecule has 0 aliphatic carbocycles. The largest absolute Gasteiger partial charge is 1.00 e. The summed E-state index contributed by atoms with van der Waals surface area (Å²) in [7, 11) is -9.29. The van der Waals surface area contributed by atoms with Gasteiger partial charge in [0.1, 0.15) is 21.3 Å². The standard InChI is InChI=1S/C16H16N6O8S2.Na/c17-15(21-19-7-9-1-3-11(23)13(5-9)31(25,26)27)16(18)22-20-8-10-2-4-12(24)14(6-10)32(28,29)30;/h1-8,23-24H,(H2,17,21)(H2,18,22)(H,25,26,27)(H,28,29,30);/q;+1/b19-7-,20-8-;. The van der Waals surface area contributed by atoms with Crippen LogP contribution in [0.2, 0.25) is 0 Å². The topological polar surface area (TPSA) is 251 Å². The van der Waals surface area contributed by atoms with Crippen molar-refractivity contribution in [3.8, 4) is 11.5 Å². The number of nitrogens with zero attached hydrogens (tertiary/aromatic N) is 4. The molecule has 0 aromatic heterocycles. The molecule has 0 spiro atoms. The second kappa shape index (κ2) is 11.3. The Balaban J connectivity index is 0.00000544. The molecule has 0 atom stereocenters. The van der Waals surface area contributed by atoms with E-state index in [1.165, 1.54) is 12.1 Å². The van der Waals surface area contributed by atoms with E-state index in [2.05, 4.69) is 20.4 Å². The van der Waals surface area contributed by atoms with Gasteiger partial charge in [0.25, 0.3) is 20.2 Å². The van der Waals surface area contributed by atoms with E-state index >= 15 is 0 Å². The fraction of sp³-hybridized carbons (Fsp3) is 0. The van der Waals surface area contributed by atoms with Crippen molar-refractivity contribution in [2.24, 2.45) is 31.9 Å². The number of phenolic OH excluding ortho intramolecular Hbond substituents is 2. The van der Waals surface area contributed by atoms with Gasteiger partial charge in [-0.25, -0.2) is 0 Å². The third-order valence-electron chi connectivity index (χ3n) is 3.53. The Labute approximate surface area is 209 Å². The summed E-state index contributed by atoms with van der Waals surface area (Å²) in [6.07, 6.45) is 2.12. The molecule has 0 fully saturated rings. The zero-order chi connectivity index (χ0) is 24.1. The average molecular weight is 507 g/mol. The minimum absolute atomic E-state index is 0. The van der Waals surface area contributed by atoms with E-state index in [4.69, 9.17) is 20.6 Å². The number of benzene rings is 2. The third kappa shape index (κ3) is 8.21. The summed E-state index contributed by atoms with van der Waals surface area (Å²) < 4.78 is 62.7. The number of hydrogen-bond acceptors (Lipinski definition) is 10. The maximum Gasteiger partial charge on any atom is 1.00 e. The van der Waals surface area contributed by atoms with Crippen molar-refractivity contribution in [3.63, 3.8) is 0 Å². The maximum absolute atomic E-state index is 11.2. The molecule has 0 saturated carbocycles. The zero-order valence-electron chi connectivity index (χ0n) is 16.8. The molecular formula is C16H16N6NaO8S2+. The summed E-state index contributed by atoms with van der Waals surface area (Å²) in [5, 5.41) is 33.1. The number of hydrogen-bond donors (Lipinski definition) is 6. The second-order valence-electron chi connectivity index (χ2n) is 5.86. The van der Waals surface area contributed by atoms with Gasteiger partial charge in [-0.15, -0.1) is 10.2 Å². The van der Waals surface area contributed by atoms with E-state index in [9.17, 15) is 27.0 Å². The van der Waals surface area contributed by atoms with Crippen molar-refractivity contribution in [1.82, 2.24) is 0 Å². The van der Waals surface area contributed by atoms with Crippen LogP contribution in [0.3, 0.4) is 0 Å². The fourth-order valence-corrected chi connectivity index (χ4v) is 3.29. The Morgan fingerprint density at radius 1 is 0.727 bits per heavy atom. The SMILES string of the molecule is NC(=N\N=C/c1ccc(O)c(S(=O)(=O)O)c1)/C(N)=N\N=C/c1ccc(O)c(S(=O)(=O)O)c1.[Na+]. The van der Waals surface area contributed by atoms with Gasteiger partial charge >= 0.3 is 29.6 Å². The number of rotatable bonds is 6. The Kier molecular flexibility index (Phi) is 9.67. The normalized spacial score (nSPS) is 13.4. The number of aromatic hydroxyl groups is 2. The Morgan fingerprint density at radius 2 is 1.06 bits per heavy atom. The molecule has 0 aliphatic rings. The first-order valence-electron chi connectivity index (χ1n) is 8.13. The van der Waals surface area contributed by atoms with Crippen molar-refractivity contribution < 1.29 is 65.7 Å². The molecule has 2 aromatic carbocycles. The molecule has 170 valence electrons. The molecule has 0 amide bonds. The number of amidine groups is 2. The maximum atomic E-state index is 11.2. The van der Waals surface area contributed by atoms with Crippen LogP contribution in [0, 0.1) is 0 Å². The predicted octanol–water partition coefficient (Wildman–Crippen LogP) is -3.32. The molecule has 14 nitrogen and oxygen atoms in total. The van der Waals surface area contributed by atoms with Gasteiger partial charge in [-0.2, -0.15) is 27.0 Å². The van der Waals surface area contributed by atoms with Gasteiger partial charge in [-0.1, -0.05) is 0 Å². The van der Waals surface area contributed by atoms with Crippen LogP contribution in [0.15, 0.2) is 66.6 Å². The molecule has 2 rings (SSSR count).